The molecule has 0 fully saturated rings. The lowest BCUT2D eigenvalue weighted by atomic mass is 10.7. The molecule has 0 amide bonds. The molecule has 14 heavy (non-hydrogen) atoms. The van der Waals surface area contributed by atoms with Crippen LogP contribution < -0.4 is 5.69 Å². The molecule has 2 aromatic rings. The predicted octanol–water partition coefficient (Wildman–Crippen LogP) is -1.02. The molecule has 0 unspecified atom stereocenters. The van der Waals surface area contributed by atoms with E-state index in [0.717, 1.165) is 4.68 Å². The van der Waals surface area contributed by atoms with Gasteiger partial charge in [-0.3, -0.25) is 9.78 Å². The lowest BCUT2D eigenvalue weighted by Crippen LogP contribution is -2.24. The lowest BCUT2D eigenvalue weighted by molar-refractivity contribution is -0.137. The molecule has 2 heterocycles. The van der Waals surface area contributed by atoms with E-state index >= 15 is 0 Å². The van der Waals surface area contributed by atoms with Crippen LogP contribution in [-0.2, 0) is 11.3 Å². The number of hydrogen-bond acceptors (Lipinski definition) is 4. The van der Waals surface area contributed by atoms with Crippen molar-refractivity contribution < 1.29 is 9.90 Å². The smallest absolute Gasteiger partial charge is 0.350 e. The minimum absolute atomic E-state index is 0.332. The van der Waals surface area contributed by atoms with E-state index in [1.807, 2.05) is 0 Å². The summed E-state index contributed by atoms with van der Waals surface area (Å²) in [6.07, 6.45) is 4.25. The van der Waals surface area contributed by atoms with Crippen molar-refractivity contribution >= 4 is 11.6 Å². The summed E-state index contributed by atoms with van der Waals surface area (Å²) >= 11 is 0. The normalized spacial score (nSPS) is 10.6. The molecule has 2 rings (SSSR count). The quantitative estimate of drug-likeness (QED) is 0.660. The summed E-state index contributed by atoms with van der Waals surface area (Å²) in [5.41, 5.74) is -0.149. The van der Waals surface area contributed by atoms with Crippen molar-refractivity contribution in [1.82, 2.24) is 19.2 Å². The third-order valence-corrected chi connectivity index (χ3v) is 1.67. The van der Waals surface area contributed by atoms with E-state index in [0.29, 0.717) is 5.65 Å². The Labute approximate surface area is 77.2 Å². The van der Waals surface area contributed by atoms with E-state index in [2.05, 4.69) is 10.1 Å². The number of fused-ring (bicyclic) bond motifs is 1. The van der Waals surface area contributed by atoms with Gasteiger partial charge in [0, 0.05) is 12.4 Å². The lowest BCUT2D eigenvalue weighted by Gasteiger charge is -1.89. The number of aromatic nitrogens is 4. The van der Waals surface area contributed by atoms with E-state index in [1.165, 1.54) is 23.0 Å². The molecule has 0 aliphatic rings. The summed E-state index contributed by atoms with van der Waals surface area (Å²) < 4.78 is 2.11. The molecule has 0 aliphatic heterocycles. The van der Waals surface area contributed by atoms with Crippen molar-refractivity contribution in [2.75, 3.05) is 0 Å². The Morgan fingerprint density at radius 1 is 1.57 bits per heavy atom. The van der Waals surface area contributed by atoms with Crippen LogP contribution in [0.15, 0.2) is 23.4 Å². The predicted molar refractivity (Wildman–Crippen MR) is 44.9 cm³/mol. The van der Waals surface area contributed by atoms with Crippen LogP contribution in [0.25, 0.3) is 5.65 Å². The van der Waals surface area contributed by atoms with Gasteiger partial charge in [0.15, 0.2) is 5.65 Å². The van der Waals surface area contributed by atoms with E-state index in [4.69, 9.17) is 5.11 Å². The summed E-state index contributed by atoms with van der Waals surface area (Å²) in [7, 11) is 0. The molecule has 0 radical (unpaired) electrons. The highest BCUT2D eigenvalue weighted by Gasteiger charge is 2.08. The van der Waals surface area contributed by atoms with Crippen molar-refractivity contribution in [1.29, 1.82) is 0 Å². The zero-order valence-electron chi connectivity index (χ0n) is 6.99. The van der Waals surface area contributed by atoms with Gasteiger partial charge in [-0.1, -0.05) is 0 Å². The molecular weight excluding hydrogens is 188 g/mol. The van der Waals surface area contributed by atoms with Crippen LogP contribution in [0.1, 0.15) is 0 Å². The largest absolute Gasteiger partial charge is 0.480 e. The fraction of sp³-hybridized carbons (Fsp3) is 0.143. The summed E-state index contributed by atoms with van der Waals surface area (Å²) in [5, 5.41) is 12.3. The van der Waals surface area contributed by atoms with Crippen molar-refractivity contribution in [3.63, 3.8) is 0 Å². The van der Waals surface area contributed by atoms with Crippen LogP contribution in [0.2, 0.25) is 0 Å². The molecule has 7 nitrogen and oxygen atoms in total. The van der Waals surface area contributed by atoms with E-state index in [1.54, 1.807) is 0 Å². The Morgan fingerprint density at radius 2 is 2.36 bits per heavy atom. The molecule has 0 aromatic carbocycles. The molecule has 1 N–H and O–H groups in total. The van der Waals surface area contributed by atoms with Crippen LogP contribution in [0.5, 0.6) is 0 Å². The molecule has 0 saturated heterocycles. The minimum atomic E-state index is -1.11. The van der Waals surface area contributed by atoms with Gasteiger partial charge in [-0.15, -0.1) is 5.10 Å². The molecule has 0 bridgehead atoms. The van der Waals surface area contributed by atoms with Crippen LogP contribution >= 0.6 is 0 Å². The van der Waals surface area contributed by atoms with Crippen LogP contribution in [0, 0.1) is 0 Å². The number of nitrogens with zero attached hydrogens (tertiary/aromatic N) is 4. The molecule has 0 saturated carbocycles. The number of aliphatic carboxylic acids is 1. The van der Waals surface area contributed by atoms with Crippen molar-refractivity contribution in [2.45, 2.75) is 6.54 Å². The summed E-state index contributed by atoms with van der Waals surface area (Å²) in [4.78, 5) is 25.6. The third kappa shape index (κ3) is 1.24. The van der Waals surface area contributed by atoms with Gasteiger partial charge >= 0.3 is 11.7 Å². The Bertz CT molecular complexity index is 541. The van der Waals surface area contributed by atoms with Gasteiger partial charge in [0.05, 0.1) is 6.20 Å². The first-order valence-corrected chi connectivity index (χ1v) is 3.79. The first-order valence-electron chi connectivity index (χ1n) is 3.79. The van der Waals surface area contributed by atoms with Gasteiger partial charge < -0.3 is 5.11 Å². The number of carboxylic acids is 1. The highest BCUT2D eigenvalue weighted by molar-refractivity contribution is 5.66. The van der Waals surface area contributed by atoms with Crippen LogP contribution in [-0.4, -0.2) is 30.2 Å². The second-order valence-electron chi connectivity index (χ2n) is 2.64. The second kappa shape index (κ2) is 2.95. The molecule has 7 heteroatoms. The molecule has 2 aromatic heterocycles. The minimum Gasteiger partial charge on any atom is -0.480 e. The van der Waals surface area contributed by atoms with Crippen LogP contribution in [0.3, 0.4) is 0 Å². The SMILES string of the molecule is O=C(O)Cn1nc2cnccn2c1=O. The number of carboxylic acid groups (broad SMARTS) is 1. The van der Waals surface area contributed by atoms with Crippen LogP contribution in [0.4, 0.5) is 0 Å². The Kier molecular flexibility index (Phi) is 1.77. The number of hydrogen-bond donors (Lipinski definition) is 1. The summed E-state index contributed by atoms with van der Waals surface area (Å²) in [5.74, 6) is -1.11. The summed E-state index contributed by atoms with van der Waals surface area (Å²) in [6, 6.07) is 0. The Morgan fingerprint density at radius 3 is 3.00 bits per heavy atom. The van der Waals surface area contributed by atoms with Gasteiger partial charge in [0.25, 0.3) is 0 Å². The first-order chi connectivity index (χ1) is 6.68. The van der Waals surface area contributed by atoms with Crippen molar-refractivity contribution in [3.05, 3.63) is 29.1 Å². The Hall–Kier alpha value is -2.18. The molecule has 0 aliphatic carbocycles. The maximum Gasteiger partial charge on any atom is 0.350 e. The third-order valence-electron chi connectivity index (χ3n) is 1.67. The van der Waals surface area contributed by atoms with E-state index in [-0.39, 0.29) is 0 Å². The molecular formula is C7H6N4O3. The number of rotatable bonds is 2. The van der Waals surface area contributed by atoms with Gasteiger partial charge in [-0.2, -0.15) is 0 Å². The highest BCUT2D eigenvalue weighted by atomic mass is 16.4. The van der Waals surface area contributed by atoms with Gasteiger partial charge in [-0.05, 0) is 0 Å². The second-order valence-corrected chi connectivity index (χ2v) is 2.64. The van der Waals surface area contributed by atoms with Gasteiger partial charge in [-0.25, -0.2) is 13.9 Å². The van der Waals surface area contributed by atoms with Crippen molar-refractivity contribution in [3.8, 4) is 0 Å². The van der Waals surface area contributed by atoms with E-state index in [9.17, 15) is 9.59 Å². The maximum absolute atomic E-state index is 11.4. The maximum atomic E-state index is 11.4. The molecule has 0 spiro atoms. The van der Waals surface area contributed by atoms with Gasteiger partial charge in [0.2, 0.25) is 0 Å². The van der Waals surface area contributed by atoms with E-state index < -0.39 is 18.2 Å². The first kappa shape index (κ1) is 8.42. The van der Waals surface area contributed by atoms with Crippen molar-refractivity contribution in [2.24, 2.45) is 0 Å². The molecule has 72 valence electrons. The Balaban J connectivity index is 2.63. The summed E-state index contributed by atoms with van der Waals surface area (Å²) in [6.45, 7) is -0.444. The topological polar surface area (TPSA) is 89.5 Å². The molecule has 0 atom stereocenters. The standard InChI is InChI=1S/C7H6N4O3/c12-6(13)4-11-7(14)10-2-1-8-3-5(10)9-11/h1-3H,4H2,(H,12,13). The average molecular weight is 194 g/mol. The zero-order valence-corrected chi connectivity index (χ0v) is 6.99. The fourth-order valence-corrected chi connectivity index (χ4v) is 1.11. The number of carbonyl (C=O) groups is 1. The highest BCUT2D eigenvalue weighted by Crippen LogP contribution is 1.91. The average Bonchev–Trinajstić information content (AvgIpc) is 2.44. The van der Waals surface area contributed by atoms with Gasteiger partial charge in [0.1, 0.15) is 6.54 Å². The zero-order chi connectivity index (χ0) is 10.1. The monoisotopic (exact) mass is 194 g/mol. The fourth-order valence-electron chi connectivity index (χ4n) is 1.11.